The number of nitrogens with one attached hydrogen (secondary N) is 4. The first-order chi connectivity index (χ1) is 10.5. The molecule has 8 heteroatoms. The Morgan fingerprint density at radius 1 is 0.818 bits per heavy atom. The van der Waals surface area contributed by atoms with Crippen LogP contribution in [0.4, 0.5) is 0 Å². The minimum Gasteiger partial charge on any atom is -0.305 e. The molecule has 0 spiro atoms. The first kappa shape index (κ1) is 15.1. The summed E-state index contributed by atoms with van der Waals surface area (Å²) < 4.78 is 0. The Labute approximate surface area is 135 Å². The van der Waals surface area contributed by atoms with Gasteiger partial charge in [-0.2, -0.15) is 0 Å². The lowest BCUT2D eigenvalue weighted by atomic mass is 10.0. The number of hydrogen-bond donors (Lipinski definition) is 4. The Hall–Kier alpha value is -1.80. The second-order valence-electron chi connectivity index (χ2n) is 5.07. The smallest absolute Gasteiger partial charge is 0.239 e. The third-order valence-electron chi connectivity index (χ3n) is 3.44. The van der Waals surface area contributed by atoms with Crippen LogP contribution in [0.2, 0.25) is 0 Å². The highest BCUT2D eigenvalue weighted by atomic mass is 32.2. The van der Waals surface area contributed by atoms with Crippen LogP contribution in [0.15, 0.2) is 24.3 Å². The Kier molecular flexibility index (Phi) is 4.21. The van der Waals surface area contributed by atoms with E-state index < -0.39 is 0 Å². The predicted molar refractivity (Wildman–Crippen MR) is 88.3 cm³/mol. The maximum Gasteiger partial charge on any atom is 0.239 e. The van der Waals surface area contributed by atoms with Crippen molar-refractivity contribution in [1.82, 2.24) is 10.6 Å². The third-order valence-corrected chi connectivity index (χ3v) is 5.45. The van der Waals surface area contributed by atoms with Crippen molar-refractivity contribution in [3.05, 3.63) is 35.4 Å². The first-order valence-corrected chi connectivity index (χ1v) is 8.47. The zero-order chi connectivity index (χ0) is 15.7. The molecule has 0 aromatic heterocycles. The van der Waals surface area contributed by atoms with Gasteiger partial charge in [0, 0.05) is 0 Å². The molecule has 2 amide bonds. The van der Waals surface area contributed by atoms with Crippen molar-refractivity contribution in [2.45, 2.75) is 23.3 Å². The second-order valence-corrected chi connectivity index (χ2v) is 7.50. The van der Waals surface area contributed by atoms with Crippen LogP contribution >= 0.6 is 23.5 Å². The normalized spacial score (nSPS) is 24.5. The molecule has 1 aromatic rings. The quantitative estimate of drug-likeness (QED) is 0.661. The summed E-state index contributed by atoms with van der Waals surface area (Å²) in [6.07, 6.45) is 1.17. The molecule has 2 saturated heterocycles. The summed E-state index contributed by atoms with van der Waals surface area (Å²) in [4.78, 5) is 23.2. The summed E-state index contributed by atoms with van der Waals surface area (Å²) in [5.74, 6) is -0.228. The molecule has 0 aliphatic carbocycles. The van der Waals surface area contributed by atoms with Crippen LogP contribution in [-0.2, 0) is 22.4 Å². The summed E-state index contributed by atoms with van der Waals surface area (Å²) in [6, 6.07) is 7.81. The van der Waals surface area contributed by atoms with Gasteiger partial charge in [-0.3, -0.25) is 20.4 Å². The van der Waals surface area contributed by atoms with Crippen molar-refractivity contribution in [3.63, 3.8) is 0 Å². The molecular weight excluding hydrogens is 320 g/mol. The van der Waals surface area contributed by atoms with E-state index in [2.05, 4.69) is 10.6 Å². The molecule has 2 unspecified atom stereocenters. The molecule has 6 nitrogen and oxygen atoms in total. The Morgan fingerprint density at radius 2 is 1.18 bits per heavy atom. The van der Waals surface area contributed by atoms with Gasteiger partial charge in [-0.05, 0) is 24.0 Å². The topological polar surface area (TPSA) is 106 Å². The number of rotatable bonds is 4. The van der Waals surface area contributed by atoms with E-state index in [1.165, 1.54) is 23.5 Å². The van der Waals surface area contributed by atoms with Crippen molar-refractivity contribution >= 4 is 45.7 Å². The first-order valence-electron chi connectivity index (χ1n) is 6.71. The lowest BCUT2D eigenvalue weighted by Gasteiger charge is -2.08. The molecule has 2 heterocycles. The van der Waals surface area contributed by atoms with E-state index in [9.17, 15) is 9.59 Å². The Balaban J connectivity index is 1.61. The minimum absolute atomic E-state index is 0.114. The van der Waals surface area contributed by atoms with Crippen molar-refractivity contribution in [2.75, 3.05) is 0 Å². The lowest BCUT2D eigenvalue weighted by molar-refractivity contribution is -0.119. The molecule has 4 N–H and O–H groups in total. The number of carbonyl (C=O) groups excluding carboxylic acids is 2. The summed E-state index contributed by atoms with van der Waals surface area (Å²) in [5, 5.41) is 19.8. The van der Waals surface area contributed by atoms with Crippen LogP contribution in [0.25, 0.3) is 0 Å². The number of amidine groups is 2. The molecule has 1 aromatic carbocycles. The predicted octanol–water partition coefficient (Wildman–Crippen LogP) is 1.10. The average Bonchev–Trinajstić information content (AvgIpc) is 2.94. The van der Waals surface area contributed by atoms with Gasteiger partial charge in [0.1, 0.15) is 0 Å². The van der Waals surface area contributed by atoms with Gasteiger partial charge in [0.2, 0.25) is 11.8 Å². The highest BCUT2D eigenvalue weighted by molar-refractivity contribution is 8.15. The molecule has 3 rings (SSSR count). The Morgan fingerprint density at radius 3 is 1.45 bits per heavy atom. The van der Waals surface area contributed by atoms with E-state index >= 15 is 0 Å². The summed E-state index contributed by atoms with van der Waals surface area (Å²) >= 11 is 2.48. The zero-order valence-corrected chi connectivity index (χ0v) is 13.1. The van der Waals surface area contributed by atoms with Gasteiger partial charge in [-0.15, -0.1) is 0 Å². The van der Waals surface area contributed by atoms with E-state index in [1.807, 2.05) is 24.3 Å². The van der Waals surface area contributed by atoms with Crippen molar-refractivity contribution in [3.8, 4) is 0 Å². The van der Waals surface area contributed by atoms with Crippen LogP contribution < -0.4 is 10.6 Å². The highest BCUT2D eigenvalue weighted by Crippen LogP contribution is 2.24. The van der Waals surface area contributed by atoms with Crippen LogP contribution in [0.5, 0.6) is 0 Å². The number of hydrogen-bond acceptors (Lipinski definition) is 6. The third kappa shape index (κ3) is 3.33. The van der Waals surface area contributed by atoms with Crippen molar-refractivity contribution in [1.29, 1.82) is 10.8 Å². The van der Waals surface area contributed by atoms with Crippen LogP contribution in [-0.4, -0.2) is 32.6 Å². The van der Waals surface area contributed by atoms with Crippen LogP contribution in [0.3, 0.4) is 0 Å². The minimum atomic E-state index is -0.241. The molecule has 2 aliphatic rings. The van der Waals surface area contributed by atoms with Gasteiger partial charge in [0.15, 0.2) is 10.3 Å². The molecule has 2 aliphatic heterocycles. The van der Waals surface area contributed by atoms with Crippen LogP contribution in [0.1, 0.15) is 11.1 Å². The van der Waals surface area contributed by atoms with Gasteiger partial charge in [0.05, 0.1) is 10.5 Å². The van der Waals surface area contributed by atoms with Crippen molar-refractivity contribution < 1.29 is 9.59 Å². The molecular formula is C14H14N4O2S2. The molecule has 0 radical (unpaired) electrons. The standard InChI is InChI=1S/C14H14N4O2S2/c15-13-17-11(19)9(21-13)5-7-1-2-8(4-3-7)6-10-12(20)18-14(16)22-10/h1-4,9-10H,5-6H2,(H2,15,17,19)(H2,16,18,20). The fourth-order valence-electron chi connectivity index (χ4n) is 2.34. The SMILES string of the molecule is N=C1NC(=O)C(Cc2ccc(CC3SC(=N)NC3=O)cc2)S1. The van der Waals surface area contributed by atoms with E-state index in [1.54, 1.807) is 0 Å². The lowest BCUT2D eigenvalue weighted by Crippen LogP contribution is -2.26. The van der Waals surface area contributed by atoms with Gasteiger partial charge in [-0.25, -0.2) is 0 Å². The van der Waals surface area contributed by atoms with Gasteiger partial charge in [0.25, 0.3) is 0 Å². The van der Waals surface area contributed by atoms with Gasteiger partial charge < -0.3 is 10.6 Å². The fraction of sp³-hybridized carbons (Fsp3) is 0.286. The number of thioether (sulfide) groups is 2. The van der Waals surface area contributed by atoms with E-state index in [4.69, 9.17) is 10.8 Å². The second kappa shape index (κ2) is 6.13. The zero-order valence-electron chi connectivity index (χ0n) is 11.5. The maximum absolute atomic E-state index is 11.6. The molecule has 0 saturated carbocycles. The molecule has 114 valence electrons. The molecule has 2 fully saturated rings. The summed E-state index contributed by atoms with van der Waals surface area (Å²) in [5.41, 5.74) is 2.06. The average molecular weight is 334 g/mol. The van der Waals surface area contributed by atoms with Crippen molar-refractivity contribution in [2.24, 2.45) is 0 Å². The van der Waals surface area contributed by atoms with Gasteiger partial charge in [-0.1, -0.05) is 47.8 Å². The van der Waals surface area contributed by atoms with Gasteiger partial charge >= 0.3 is 0 Å². The fourth-order valence-corrected chi connectivity index (χ4v) is 4.12. The van der Waals surface area contributed by atoms with Crippen LogP contribution in [0, 0.1) is 10.8 Å². The monoisotopic (exact) mass is 334 g/mol. The number of amides is 2. The number of benzene rings is 1. The summed E-state index contributed by atoms with van der Waals surface area (Å²) in [6.45, 7) is 0. The maximum atomic E-state index is 11.6. The number of carbonyl (C=O) groups is 2. The Bertz CT molecular complexity index is 602. The summed E-state index contributed by atoms with van der Waals surface area (Å²) in [7, 11) is 0. The largest absolute Gasteiger partial charge is 0.305 e. The molecule has 0 bridgehead atoms. The van der Waals surface area contributed by atoms with E-state index in [-0.39, 0.29) is 32.6 Å². The molecule has 2 atom stereocenters. The van der Waals surface area contributed by atoms with E-state index in [0.29, 0.717) is 12.8 Å². The highest BCUT2D eigenvalue weighted by Gasteiger charge is 2.30. The van der Waals surface area contributed by atoms with E-state index in [0.717, 1.165) is 11.1 Å². The molecule has 22 heavy (non-hydrogen) atoms.